The number of rotatable bonds is 5. The molecule has 0 radical (unpaired) electrons. The lowest BCUT2D eigenvalue weighted by molar-refractivity contribution is -0.153. The molecule has 0 bridgehead atoms. The van der Waals surface area contributed by atoms with Crippen LogP contribution >= 0.6 is 0 Å². The number of benzene rings is 2. The number of hydrogen-bond acceptors (Lipinski definition) is 4. The monoisotopic (exact) mass is 454 g/mol. The van der Waals surface area contributed by atoms with Crippen LogP contribution in [0.1, 0.15) is 17.0 Å². The molecule has 10 heteroatoms. The minimum Gasteiger partial charge on any atom is -0.483 e. The van der Waals surface area contributed by atoms with Gasteiger partial charge in [0.1, 0.15) is 17.4 Å². The average molecular weight is 454 g/mol. The number of hydrogen-bond donors (Lipinski definition) is 2. The van der Waals surface area contributed by atoms with Gasteiger partial charge in [0.2, 0.25) is 0 Å². The summed E-state index contributed by atoms with van der Waals surface area (Å²) in [5.41, 5.74) is 0.977. The molecule has 0 spiro atoms. The summed E-state index contributed by atoms with van der Waals surface area (Å²) in [7, 11) is 0. The molecule has 1 atom stereocenters. The molecule has 1 saturated heterocycles. The summed E-state index contributed by atoms with van der Waals surface area (Å²) in [5, 5.41) is 5.61. The number of para-hydroxylation sites is 2. The Bertz CT molecular complexity index is 1130. The minimum absolute atomic E-state index is 0.00681. The Morgan fingerprint density at radius 3 is 2.66 bits per heavy atom. The average Bonchev–Trinajstić information content (AvgIpc) is 3.18. The number of fused-ring (bicyclic) bond motifs is 1. The predicted molar refractivity (Wildman–Crippen MR) is 107 cm³/mol. The Balaban J connectivity index is 1.64. The fourth-order valence-corrected chi connectivity index (χ4v) is 3.57. The predicted octanol–water partition coefficient (Wildman–Crippen LogP) is 4.77. The van der Waals surface area contributed by atoms with Crippen LogP contribution in [0, 0.1) is 0 Å². The van der Waals surface area contributed by atoms with Crippen molar-refractivity contribution < 1.29 is 35.9 Å². The molecule has 0 aliphatic carbocycles. The van der Waals surface area contributed by atoms with Gasteiger partial charge >= 0.3 is 6.18 Å². The van der Waals surface area contributed by atoms with Crippen molar-refractivity contribution in [1.29, 1.82) is 0 Å². The molecule has 2 aromatic carbocycles. The van der Waals surface area contributed by atoms with Gasteiger partial charge in [-0.15, -0.1) is 0 Å². The van der Waals surface area contributed by atoms with Crippen molar-refractivity contribution in [3.63, 3.8) is 0 Å². The van der Waals surface area contributed by atoms with E-state index in [4.69, 9.17) is 9.15 Å². The van der Waals surface area contributed by atoms with Gasteiger partial charge in [-0.3, -0.25) is 4.79 Å². The van der Waals surface area contributed by atoms with Crippen molar-refractivity contribution in [2.24, 2.45) is 0 Å². The van der Waals surface area contributed by atoms with E-state index in [0.717, 1.165) is 0 Å². The van der Waals surface area contributed by atoms with E-state index in [0.29, 0.717) is 16.5 Å². The molecule has 2 N–H and O–H groups in total. The van der Waals surface area contributed by atoms with E-state index in [1.54, 1.807) is 30.3 Å². The Kier molecular flexibility index (Phi) is 5.81. The van der Waals surface area contributed by atoms with Crippen LogP contribution < -0.4 is 15.4 Å². The lowest BCUT2D eigenvalue weighted by atomic mass is 10.0. The molecule has 170 valence electrons. The Morgan fingerprint density at radius 1 is 1.16 bits per heavy atom. The van der Waals surface area contributed by atoms with Gasteiger partial charge in [0.15, 0.2) is 12.4 Å². The van der Waals surface area contributed by atoms with Crippen LogP contribution in [0.4, 0.5) is 22.0 Å². The number of carbonyl (C=O) groups excluding carboxylic acids is 1. The number of carbonyl (C=O) groups is 1. The normalized spacial score (nSPS) is 18.5. The highest BCUT2D eigenvalue weighted by Gasteiger charge is 2.42. The van der Waals surface area contributed by atoms with E-state index in [9.17, 15) is 26.7 Å². The fraction of sp³-hybridized carbons (Fsp3) is 0.318. The number of furan rings is 1. The van der Waals surface area contributed by atoms with Gasteiger partial charge in [-0.1, -0.05) is 36.4 Å². The van der Waals surface area contributed by atoms with Crippen LogP contribution in [-0.2, 0) is 0 Å². The van der Waals surface area contributed by atoms with Crippen molar-refractivity contribution in [2.75, 3.05) is 19.7 Å². The number of alkyl halides is 5. The highest BCUT2D eigenvalue weighted by molar-refractivity contribution is 6.00. The molecule has 3 aromatic rings. The van der Waals surface area contributed by atoms with Gasteiger partial charge in [-0.2, -0.15) is 13.2 Å². The molecule has 0 saturated carbocycles. The van der Waals surface area contributed by atoms with E-state index >= 15 is 0 Å². The smallest absolute Gasteiger partial charge is 0.422 e. The zero-order valence-corrected chi connectivity index (χ0v) is 16.6. The van der Waals surface area contributed by atoms with Crippen molar-refractivity contribution in [2.45, 2.75) is 24.6 Å². The van der Waals surface area contributed by atoms with E-state index < -0.39 is 37.1 Å². The van der Waals surface area contributed by atoms with Gasteiger partial charge in [0.25, 0.3) is 11.8 Å². The molecule has 0 unspecified atom stereocenters. The summed E-state index contributed by atoms with van der Waals surface area (Å²) < 4.78 is 76.6. The summed E-state index contributed by atoms with van der Waals surface area (Å²) in [5.74, 6) is -4.04. The SMILES string of the molecule is O=C(N[C@@H]1CNCCC1(F)F)c1cc2cccc(-c3ccccc3OCC(F)(F)F)c2o1. The van der Waals surface area contributed by atoms with Crippen LogP contribution in [0.25, 0.3) is 22.1 Å². The number of ether oxygens (including phenoxy) is 1. The van der Waals surface area contributed by atoms with Gasteiger partial charge in [-0.05, 0) is 12.1 Å². The first-order chi connectivity index (χ1) is 15.1. The van der Waals surface area contributed by atoms with E-state index in [1.165, 1.54) is 18.2 Å². The lowest BCUT2D eigenvalue weighted by Gasteiger charge is -2.32. The Labute approximate surface area is 179 Å². The van der Waals surface area contributed by atoms with E-state index in [1.807, 2.05) is 0 Å². The van der Waals surface area contributed by atoms with Crippen LogP contribution in [0.3, 0.4) is 0 Å². The third-order valence-corrected chi connectivity index (χ3v) is 5.14. The molecule has 1 fully saturated rings. The molecule has 1 amide bonds. The van der Waals surface area contributed by atoms with Gasteiger partial charge in [-0.25, -0.2) is 8.78 Å². The number of piperidine rings is 1. The molecule has 1 aliphatic rings. The van der Waals surface area contributed by atoms with Crippen LogP contribution in [-0.4, -0.2) is 43.7 Å². The maximum atomic E-state index is 14.1. The van der Waals surface area contributed by atoms with Crippen LogP contribution in [0.5, 0.6) is 5.75 Å². The summed E-state index contributed by atoms with van der Waals surface area (Å²) in [6.45, 7) is -1.38. The van der Waals surface area contributed by atoms with Crippen LogP contribution in [0.2, 0.25) is 0 Å². The highest BCUT2D eigenvalue weighted by atomic mass is 19.4. The first kappa shape index (κ1) is 22.1. The van der Waals surface area contributed by atoms with Gasteiger partial charge in [0.05, 0.1) is 0 Å². The van der Waals surface area contributed by atoms with Crippen molar-refractivity contribution in [3.8, 4) is 16.9 Å². The van der Waals surface area contributed by atoms with E-state index in [2.05, 4.69) is 10.6 Å². The number of nitrogens with one attached hydrogen (secondary N) is 2. The maximum absolute atomic E-state index is 14.1. The second-order valence-corrected chi connectivity index (χ2v) is 7.48. The minimum atomic E-state index is -4.51. The summed E-state index contributed by atoms with van der Waals surface area (Å²) >= 11 is 0. The molecular formula is C22H19F5N2O3. The molecule has 2 heterocycles. The third-order valence-electron chi connectivity index (χ3n) is 5.14. The molecule has 1 aliphatic heterocycles. The third kappa shape index (κ3) is 4.69. The highest BCUT2D eigenvalue weighted by Crippen LogP contribution is 2.37. The molecule has 1 aromatic heterocycles. The zero-order chi connectivity index (χ0) is 22.9. The molecule has 5 nitrogen and oxygen atoms in total. The molecule has 32 heavy (non-hydrogen) atoms. The van der Waals surface area contributed by atoms with Crippen molar-refractivity contribution >= 4 is 16.9 Å². The molecule has 4 rings (SSSR count). The number of halogens is 5. The molecular weight excluding hydrogens is 435 g/mol. The van der Waals surface area contributed by atoms with E-state index in [-0.39, 0.29) is 30.2 Å². The summed E-state index contributed by atoms with van der Waals surface area (Å²) in [6.07, 6.45) is -4.90. The summed E-state index contributed by atoms with van der Waals surface area (Å²) in [4.78, 5) is 12.6. The van der Waals surface area contributed by atoms with Gasteiger partial charge < -0.3 is 19.8 Å². The first-order valence-corrected chi connectivity index (χ1v) is 9.85. The van der Waals surface area contributed by atoms with Gasteiger partial charge in [0, 0.05) is 36.0 Å². The first-order valence-electron chi connectivity index (χ1n) is 9.85. The second kappa shape index (κ2) is 8.42. The lowest BCUT2D eigenvalue weighted by Crippen LogP contribution is -2.57. The zero-order valence-electron chi connectivity index (χ0n) is 16.6. The fourth-order valence-electron chi connectivity index (χ4n) is 3.57. The Hall–Kier alpha value is -3.14. The number of amides is 1. The largest absolute Gasteiger partial charge is 0.483 e. The standard InChI is InChI=1S/C22H19F5N2O3/c23-21(24)8-9-28-11-18(21)29-20(30)17-10-13-4-3-6-15(19(13)32-17)14-5-1-2-7-16(14)31-12-22(25,26)27/h1-7,10,18,28H,8-9,11-12H2,(H,29,30)/t18-/m1/s1. The second-order valence-electron chi connectivity index (χ2n) is 7.48. The Morgan fingerprint density at radius 2 is 1.91 bits per heavy atom. The van der Waals surface area contributed by atoms with Crippen molar-refractivity contribution in [1.82, 2.24) is 10.6 Å². The van der Waals surface area contributed by atoms with Crippen LogP contribution in [0.15, 0.2) is 52.9 Å². The quantitative estimate of drug-likeness (QED) is 0.546. The van der Waals surface area contributed by atoms with Crippen molar-refractivity contribution in [3.05, 3.63) is 54.3 Å². The summed E-state index contributed by atoms with van der Waals surface area (Å²) in [6, 6.07) is 11.1. The maximum Gasteiger partial charge on any atom is 0.422 e. The topological polar surface area (TPSA) is 63.5 Å².